The Hall–Kier alpha value is -3.97. The highest BCUT2D eigenvalue weighted by atomic mass is 32.2. The highest BCUT2D eigenvalue weighted by Crippen LogP contribution is 2.43. The fourth-order valence-electron chi connectivity index (χ4n) is 4.47. The van der Waals surface area contributed by atoms with E-state index in [0.717, 1.165) is 16.9 Å². The number of aromatic nitrogens is 3. The zero-order valence-electron chi connectivity index (χ0n) is 20.6. The predicted octanol–water partition coefficient (Wildman–Crippen LogP) is 4.45. The molecule has 200 valence electrons. The van der Waals surface area contributed by atoms with E-state index >= 15 is 4.39 Å². The van der Waals surface area contributed by atoms with Crippen molar-refractivity contribution in [1.29, 1.82) is 0 Å². The molecule has 1 unspecified atom stereocenters. The van der Waals surface area contributed by atoms with Gasteiger partial charge in [-0.2, -0.15) is 5.10 Å². The van der Waals surface area contributed by atoms with E-state index in [0.29, 0.717) is 33.9 Å². The van der Waals surface area contributed by atoms with Crippen molar-refractivity contribution in [2.45, 2.75) is 23.3 Å². The average molecular weight is 567 g/mol. The maximum atomic E-state index is 15.0. The van der Waals surface area contributed by atoms with E-state index in [1.165, 1.54) is 35.4 Å². The number of nitrogens with zero attached hydrogens (tertiary/aromatic N) is 3. The van der Waals surface area contributed by atoms with Crippen LogP contribution in [0.4, 0.5) is 4.39 Å². The summed E-state index contributed by atoms with van der Waals surface area (Å²) < 4.78 is 45.9. The van der Waals surface area contributed by atoms with Crippen molar-refractivity contribution in [2.24, 2.45) is 5.14 Å². The monoisotopic (exact) mass is 566 g/mol. The summed E-state index contributed by atoms with van der Waals surface area (Å²) in [7, 11) is -2.33. The fraction of sp³-hybridized carbons (Fsp3) is 0.148. The Morgan fingerprint density at radius 1 is 1.21 bits per heavy atom. The number of primary sulfonamides is 1. The van der Waals surface area contributed by atoms with Crippen LogP contribution in [0.15, 0.2) is 89.0 Å². The molecule has 1 aliphatic carbocycles. The van der Waals surface area contributed by atoms with Gasteiger partial charge in [-0.05, 0) is 41.0 Å². The predicted molar refractivity (Wildman–Crippen MR) is 144 cm³/mol. The molecule has 1 atom stereocenters. The number of rotatable bonds is 8. The summed E-state index contributed by atoms with van der Waals surface area (Å²) in [4.78, 5) is 15.5. The lowest BCUT2D eigenvalue weighted by Crippen LogP contribution is -2.30. The van der Waals surface area contributed by atoms with Crippen LogP contribution in [-0.2, 0) is 26.8 Å². The number of thiazole rings is 1. The van der Waals surface area contributed by atoms with Gasteiger partial charge in [0.2, 0.25) is 15.2 Å². The number of hydrogen-bond acceptors (Lipinski definition) is 7. The van der Waals surface area contributed by atoms with Gasteiger partial charge in [0.05, 0.1) is 4.90 Å². The molecule has 12 heteroatoms. The van der Waals surface area contributed by atoms with Crippen molar-refractivity contribution >= 4 is 32.9 Å². The molecule has 2 heterocycles. The van der Waals surface area contributed by atoms with Gasteiger partial charge in [-0.3, -0.25) is 0 Å². The molecule has 4 aromatic rings. The number of halogens is 1. The Balaban J connectivity index is 1.60. The maximum Gasteiger partial charge on any atom is 0.355 e. The molecule has 0 aliphatic heterocycles. The number of hydrogen-bond donors (Lipinski definition) is 2. The molecule has 2 aromatic heterocycles. The van der Waals surface area contributed by atoms with Crippen molar-refractivity contribution < 1.29 is 27.4 Å². The van der Waals surface area contributed by atoms with E-state index in [-0.39, 0.29) is 22.8 Å². The van der Waals surface area contributed by atoms with E-state index in [4.69, 9.17) is 15.0 Å². The Labute approximate surface area is 227 Å². The number of carbonyl (C=O) groups is 1. The molecule has 39 heavy (non-hydrogen) atoms. The zero-order valence-corrected chi connectivity index (χ0v) is 22.2. The van der Waals surface area contributed by atoms with E-state index < -0.39 is 21.6 Å². The topological polar surface area (TPSA) is 137 Å². The molecule has 0 amide bonds. The SMILES string of the molecule is COC1(c2nn(-c3nc(C(=O)O)cs3)cc2Cc2ccc(S(N)(=O)=O)cc2)C=CC(F)=C(c2ccccc2)C1. The summed E-state index contributed by atoms with van der Waals surface area (Å²) in [5.41, 5.74) is 1.88. The maximum absolute atomic E-state index is 15.0. The standard InChI is InChI=1S/C27H23FN4O5S2/c1-37-27(12-11-22(28)21(14-27)18-5-3-2-4-6-18)24-19(13-17-7-9-20(10-8-17)39(29,35)36)15-32(31-24)26-30-23(16-38-26)25(33)34/h2-12,15-16H,13-14H2,1H3,(H,33,34)(H2,29,35,36). The molecule has 0 bridgehead atoms. The third-order valence-corrected chi connectivity index (χ3v) is 8.22. The van der Waals surface area contributed by atoms with Crippen LogP contribution in [0.2, 0.25) is 0 Å². The molecule has 3 N–H and O–H groups in total. The van der Waals surface area contributed by atoms with Crippen molar-refractivity contribution in [3.63, 3.8) is 0 Å². The first kappa shape index (κ1) is 26.6. The van der Waals surface area contributed by atoms with Crippen LogP contribution in [0.3, 0.4) is 0 Å². The number of nitrogens with two attached hydrogens (primary N) is 1. The molecule has 2 aromatic carbocycles. The lowest BCUT2D eigenvalue weighted by molar-refractivity contribution is 0.0274. The van der Waals surface area contributed by atoms with Gasteiger partial charge >= 0.3 is 5.97 Å². The summed E-state index contributed by atoms with van der Waals surface area (Å²) >= 11 is 1.11. The summed E-state index contributed by atoms with van der Waals surface area (Å²) in [5.74, 6) is -1.53. The Morgan fingerprint density at radius 3 is 2.54 bits per heavy atom. The van der Waals surface area contributed by atoms with Gasteiger partial charge in [-0.15, -0.1) is 11.3 Å². The van der Waals surface area contributed by atoms with E-state index in [2.05, 4.69) is 4.98 Å². The molecule has 9 nitrogen and oxygen atoms in total. The molecular weight excluding hydrogens is 543 g/mol. The normalized spacial score (nSPS) is 17.5. The van der Waals surface area contributed by atoms with Crippen LogP contribution in [-0.4, -0.2) is 41.4 Å². The molecule has 0 fully saturated rings. The zero-order chi connectivity index (χ0) is 27.8. The summed E-state index contributed by atoms with van der Waals surface area (Å²) in [6, 6.07) is 15.3. The fourth-order valence-corrected chi connectivity index (χ4v) is 5.71. The Morgan fingerprint density at radius 2 is 1.92 bits per heavy atom. The first-order valence-corrected chi connectivity index (χ1v) is 14.1. The quantitative estimate of drug-likeness (QED) is 0.321. The Kier molecular flexibility index (Phi) is 7.03. The number of sulfonamides is 1. The number of ether oxygens (including phenoxy) is 1. The largest absolute Gasteiger partial charge is 0.476 e. The summed E-state index contributed by atoms with van der Waals surface area (Å²) in [6.45, 7) is 0. The second-order valence-corrected chi connectivity index (χ2v) is 11.3. The lowest BCUT2D eigenvalue weighted by Gasteiger charge is -2.32. The van der Waals surface area contributed by atoms with Gasteiger partial charge < -0.3 is 9.84 Å². The first-order valence-electron chi connectivity index (χ1n) is 11.7. The number of benzene rings is 2. The van der Waals surface area contributed by atoms with Crippen LogP contribution >= 0.6 is 11.3 Å². The number of methoxy groups -OCH3 is 1. The third kappa shape index (κ3) is 5.32. The number of carboxylic acid groups (broad SMARTS) is 1. The summed E-state index contributed by atoms with van der Waals surface area (Å²) in [5, 5.41) is 21.1. The highest BCUT2D eigenvalue weighted by Gasteiger charge is 2.39. The van der Waals surface area contributed by atoms with E-state index in [9.17, 15) is 18.3 Å². The lowest BCUT2D eigenvalue weighted by atomic mass is 9.81. The Bertz CT molecular complexity index is 1710. The third-order valence-electron chi connectivity index (χ3n) is 6.46. The van der Waals surface area contributed by atoms with Crippen LogP contribution in [0, 0.1) is 0 Å². The van der Waals surface area contributed by atoms with Gasteiger partial charge in [0.15, 0.2) is 5.69 Å². The van der Waals surface area contributed by atoms with Gasteiger partial charge in [-0.1, -0.05) is 42.5 Å². The molecule has 1 aliphatic rings. The van der Waals surface area contributed by atoms with E-state index in [1.54, 1.807) is 24.4 Å². The number of carboxylic acids is 1. The molecule has 0 saturated carbocycles. The van der Waals surface area contributed by atoms with Crippen molar-refractivity contribution in [3.8, 4) is 5.13 Å². The van der Waals surface area contributed by atoms with Crippen LogP contribution in [0.1, 0.15) is 39.3 Å². The minimum Gasteiger partial charge on any atom is -0.476 e. The number of aromatic carboxylic acids is 1. The van der Waals surface area contributed by atoms with Gasteiger partial charge in [-0.25, -0.2) is 32.4 Å². The van der Waals surface area contributed by atoms with Gasteiger partial charge in [0.25, 0.3) is 0 Å². The minimum atomic E-state index is -3.85. The summed E-state index contributed by atoms with van der Waals surface area (Å²) in [6.07, 6.45) is 5.19. The average Bonchev–Trinajstić information content (AvgIpc) is 3.58. The van der Waals surface area contributed by atoms with E-state index in [1.807, 2.05) is 30.3 Å². The minimum absolute atomic E-state index is 0.0113. The second kappa shape index (κ2) is 10.3. The van der Waals surface area contributed by atoms with Crippen molar-refractivity contribution in [1.82, 2.24) is 14.8 Å². The molecule has 0 saturated heterocycles. The van der Waals surface area contributed by atoms with Crippen molar-refractivity contribution in [3.05, 3.63) is 112 Å². The van der Waals surface area contributed by atoms with Crippen molar-refractivity contribution in [2.75, 3.05) is 7.11 Å². The molecule has 5 rings (SSSR count). The van der Waals surface area contributed by atoms with Crippen LogP contribution in [0.25, 0.3) is 10.7 Å². The smallest absolute Gasteiger partial charge is 0.355 e. The molecule has 0 spiro atoms. The first-order chi connectivity index (χ1) is 18.6. The van der Waals surface area contributed by atoms with Crippen LogP contribution in [0.5, 0.6) is 0 Å². The highest BCUT2D eigenvalue weighted by molar-refractivity contribution is 7.89. The second-order valence-electron chi connectivity index (χ2n) is 8.93. The number of allylic oxidation sites excluding steroid dienone is 2. The van der Waals surface area contributed by atoms with Crippen LogP contribution < -0.4 is 5.14 Å². The molecule has 0 radical (unpaired) electrons. The van der Waals surface area contributed by atoms with Gasteiger partial charge in [0.1, 0.15) is 17.1 Å². The van der Waals surface area contributed by atoms with Gasteiger partial charge in [0, 0.05) is 37.1 Å². The molecular formula is C27H23FN4O5S2.